The highest BCUT2D eigenvalue weighted by atomic mass is 16.6. The summed E-state index contributed by atoms with van der Waals surface area (Å²) in [6.45, 7) is 3.60. The smallest absolute Gasteiger partial charge is 0.280 e. The van der Waals surface area contributed by atoms with Crippen molar-refractivity contribution >= 4 is 34.8 Å². The third-order valence-corrected chi connectivity index (χ3v) is 5.28. The van der Waals surface area contributed by atoms with E-state index in [-0.39, 0.29) is 11.6 Å². The maximum Gasteiger partial charge on any atom is 0.280 e. The zero-order chi connectivity index (χ0) is 20.4. The SMILES string of the molecule is CC1=NN(c2ccccc2)C(=O)C1=Cc1cc([N+](=O)[O-])ccc1N1CCCCC1. The van der Waals surface area contributed by atoms with E-state index in [1.165, 1.54) is 17.5 Å². The van der Waals surface area contributed by atoms with Gasteiger partial charge in [-0.05, 0) is 50.5 Å². The summed E-state index contributed by atoms with van der Waals surface area (Å²) in [5.41, 5.74) is 3.34. The highest BCUT2D eigenvalue weighted by Crippen LogP contribution is 2.32. The Kier molecular flexibility index (Phi) is 5.12. The molecule has 0 radical (unpaired) electrons. The van der Waals surface area contributed by atoms with Gasteiger partial charge in [-0.15, -0.1) is 0 Å². The molecule has 0 atom stereocenters. The largest absolute Gasteiger partial charge is 0.371 e. The summed E-state index contributed by atoms with van der Waals surface area (Å²) in [7, 11) is 0. The van der Waals surface area contributed by atoms with Gasteiger partial charge in [-0.2, -0.15) is 10.1 Å². The second-order valence-corrected chi connectivity index (χ2v) is 7.24. The van der Waals surface area contributed by atoms with E-state index >= 15 is 0 Å². The van der Waals surface area contributed by atoms with Crippen LogP contribution in [-0.4, -0.2) is 29.6 Å². The fourth-order valence-electron chi connectivity index (χ4n) is 3.78. The van der Waals surface area contributed by atoms with Crippen molar-refractivity contribution in [3.63, 3.8) is 0 Å². The van der Waals surface area contributed by atoms with Crippen LogP contribution >= 0.6 is 0 Å². The Morgan fingerprint density at radius 2 is 1.79 bits per heavy atom. The minimum atomic E-state index is -0.407. The van der Waals surface area contributed by atoms with Gasteiger partial charge >= 0.3 is 0 Å². The molecule has 148 valence electrons. The highest BCUT2D eigenvalue weighted by molar-refractivity contribution is 6.32. The number of hydrazone groups is 1. The maximum absolute atomic E-state index is 13.0. The molecule has 1 amide bonds. The lowest BCUT2D eigenvalue weighted by Gasteiger charge is -2.30. The number of nitro benzene ring substituents is 1. The molecule has 0 aromatic heterocycles. The molecule has 0 unspecified atom stereocenters. The normalized spacial score (nSPS) is 18.3. The average Bonchev–Trinajstić information content (AvgIpc) is 3.03. The lowest BCUT2D eigenvalue weighted by atomic mass is 10.0. The van der Waals surface area contributed by atoms with Crippen molar-refractivity contribution in [2.24, 2.45) is 5.10 Å². The number of rotatable bonds is 4. The van der Waals surface area contributed by atoms with Gasteiger partial charge in [0.15, 0.2) is 0 Å². The molecule has 1 fully saturated rings. The monoisotopic (exact) mass is 390 g/mol. The van der Waals surface area contributed by atoms with Crippen LogP contribution in [0.25, 0.3) is 6.08 Å². The number of para-hydroxylation sites is 1. The number of hydrogen-bond acceptors (Lipinski definition) is 5. The summed E-state index contributed by atoms with van der Waals surface area (Å²) in [6.07, 6.45) is 5.11. The van der Waals surface area contributed by atoms with E-state index in [2.05, 4.69) is 10.0 Å². The van der Waals surface area contributed by atoms with E-state index in [0.717, 1.165) is 31.6 Å². The number of benzene rings is 2. The van der Waals surface area contributed by atoms with Crippen molar-refractivity contribution in [1.82, 2.24) is 0 Å². The average molecular weight is 390 g/mol. The fraction of sp³-hybridized carbons (Fsp3) is 0.273. The minimum absolute atomic E-state index is 0.0116. The van der Waals surface area contributed by atoms with Gasteiger partial charge in [-0.25, -0.2) is 0 Å². The third kappa shape index (κ3) is 3.76. The number of anilines is 2. The molecule has 0 aliphatic carbocycles. The van der Waals surface area contributed by atoms with Crippen molar-refractivity contribution < 1.29 is 9.72 Å². The first-order chi connectivity index (χ1) is 14.0. The first kappa shape index (κ1) is 18.9. The molecule has 2 aliphatic rings. The molecule has 1 saturated heterocycles. The van der Waals surface area contributed by atoms with E-state index in [1.807, 2.05) is 30.3 Å². The second-order valence-electron chi connectivity index (χ2n) is 7.24. The van der Waals surface area contributed by atoms with Gasteiger partial charge in [0.2, 0.25) is 0 Å². The molecule has 2 heterocycles. The predicted molar refractivity (Wildman–Crippen MR) is 114 cm³/mol. The number of nitrogens with zero attached hydrogens (tertiary/aromatic N) is 4. The predicted octanol–water partition coefficient (Wildman–Crippen LogP) is 4.39. The number of hydrogen-bond donors (Lipinski definition) is 0. The van der Waals surface area contributed by atoms with E-state index in [1.54, 1.807) is 25.1 Å². The summed E-state index contributed by atoms with van der Waals surface area (Å²) >= 11 is 0. The van der Waals surface area contributed by atoms with Gasteiger partial charge < -0.3 is 4.90 Å². The summed E-state index contributed by atoms with van der Waals surface area (Å²) in [4.78, 5) is 26.2. The van der Waals surface area contributed by atoms with Gasteiger partial charge in [0.25, 0.3) is 11.6 Å². The van der Waals surface area contributed by atoms with Crippen LogP contribution in [0, 0.1) is 10.1 Å². The van der Waals surface area contributed by atoms with Crippen LogP contribution in [0.3, 0.4) is 0 Å². The molecule has 4 rings (SSSR count). The van der Waals surface area contributed by atoms with Crippen LogP contribution in [0.2, 0.25) is 0 Å². The molecular formula is C22H22N4O3. The molecule has 2 aromatic rings. The molecule has 0 bridgehead atoms. The number of piperidine rings is 1. The number of non-ortho nitro benzene ring substituents is 1. The maximum atomic E-state index is 13.0. The quantitative estimate of drug-likeness (QED) is 0.441. The highest BCUT2D eigenvalue weighted by Gasteiger charge is 2.29. The first-order valence-corrected chi connectivity index (χ1v) is 9.75. The van der Waals surface area contributed by atoms with E-state index < -0.39 is 4.92 Å². The summed E-state index contributed by atoms with van der Waals surface area (Å²) < 4.78 is 0. The van der Waals surface area contributed by atoms with Crippen LogP contribution in [0.15, 0.2) is 59.2 Å². The molecule has 2 aliphatic heterocycles. The Morgan fingerprint density at radius 1 is 1.07 bits per heavy atom. The molecule has 0 spiro atoms. The van der Waals surface area contributed by atoms with E-state index in [0.29, 0.717) is 22.5 Å². The Morgan fingerprint density at radius 3 is 2.48 bits per heavy atom. The Balaban J connectivity index is 1.74. The van der Waals surface area contributed by atoms with Crippen molar-refractivity contribution in [2.45, 2.75) is 26.2 Å². The molecule has 7 nitrogen and oxygen atoms in total. The van der Waals surface area contributed by atoms with Crippen LogP contribution in [-0.2, 0) is 4.79 Å². The molecule has 2 aromatic carbocycles. The van der Waals surface area contributed by atoms with E-state index in [9.17, 15) is 14.9 Å². The molecule has 0 saturated carbocycles. The van der Waals surface area contributed by atoms with Gasteiger partial charge in [0, 0.05) is 36.5 Å². The third-order valence-electron chi connectivity index (χ3n) is 5.28. The van der Waals surface area contributed by atoms with Crippen molar-refractivity contribution in [2.75, 3.05) is 23.0 Å². The molecule has 7 heteroatoms. The van der Waals surface area contributed by atoms with Gasteiger partial charge in [-0.3, -0.25) is 14.9 Å². The summed E-state index contributed by atoms with van der Waals surface area (Å²) in [5, 5.41) is 17.1. The summed E-state index contributed by atoms with van der Waals surface area (Å²) in [5.74, 6) is -0.232. The van der Waals surface area contributed by atoms with Gasteiger partial charge in [0.05, 0.1) is 21.9 Å². The summed E-state index contributed by atoms with van der Waals surface area (Å²) in [6, 6.07) is 14.1. The van der Waals surface area contributed by atoms with Crippen LogP contribution in [0.5, 0.6) is 0 Å². The number of carbonyl (C=O) groups is 1. The number of amides is 1. The minimum Gasteiger partial charge on any atom is -0.371 e. The Bertz CT molecular complexity index is 1010. The zero-order valence-corrected chi connectivity index (χ0v) is 16.2. The van der Waals surface area contributed by atoms with Gasteiger partial charge in [0.1, 0.15) is 0 Å². The van der Waals surface area contributed by atoms with Crippen molar-refractivity contribution in [1.29, 1.82) is 0 Å². The lowest BCUT2D eigenvalue weighted by Crippen LogP contribution is -2.30. The van der Waals surface area contributed by atoms with Crippen LogP contribution in [0.4, 0.5) is 17.1 Å². The second kappa shape index (κ2) is 7.87. The van der Waals surface area contributed by atoms with Crippen molar-refractivity contribution in [3.05, 3.63) is 69.8 Å². The van der Waals surface area contributed by atoms with Crippen LogP contribution in [0.1, 0.15) is 31.7 Å². The lowest BCUT2D eigenvalue weighted by molar-refractivity contribution is -0.384. The van der Waals surface area contributed by atoms with Crippen molar-refractivity contribution in [3.8, 4) is 0 Å². The first-order valence-electron chi connectivity index (χ1n) is 9.75. The Labute approximate surface area is 169 Å². The van der Waals surface area contributed by atoms with E-state index in [4.69, 9.17) is 0 Å². The molecular weight excluding hydrogens is 368 g/mol. The standard InChI is InChI=1S/C22H22N4O3/c1-16-20(22(27)25(23-16)18-8-4-2-5-9-18)15-17-14-19(26(28)29)10-11-21(17)24-12-6-3-7-13-24/h2,4-5,8-11,14-15H,3,6-7,12-13H2,1H3. The topological polar surface area (TPSA) is 79.0 Å². The molecule has 0 N–H and O–H groups in total. The van der Waals surface area contributed by atoms with Crippen LogP contribution < -0.4 is 9.91 Å². The van der Waals surface area contributed by atoms with Gasteiger partial charge in [-0.1, -0.05) is 18.2 Å². The fourth-order valence-corrected chi connectivity index (χ4v) is 3.78. The number of carbonyl (C=O) groups excluding carboxylic acids is 1. The zero-order valence-electron chi connectivity index (χ0n) is 16.2. The number of nitro groups is 1. The Hall–Kier alpha value is -3.48. The molecule has 29 heavy (non-hydrogen) atoms.